The van der Waals surface area contributed by atoms with Gasteiger partial charge in [0.15, 0.2) is 11.5 Å². The van der Waals surface area contributed by atoms with Gasteiger partial charge in [-0.1, -0.05) is 13.0 Å². The molecule has 0 aliphatic carbocycles. The van der Waals surface area contributed by atoms with E-state index in [0.717, 1.165) is 12.1 Å². The van der Waals surface area contributed by atoms with Crippen molar-refractivity contribution in [2.24, 2.45) is 5.41 Å². The number of ketones is 1. The lowest BCUT2D eigenvalue weighted by Crippen LogP contribution is -2.56. The van der Waals surface area contributed by atoms with Gasteiger partial charge in [0.2, 0.25) is 5.43 Å². The highest BCUT2D eigenvalue weighted by Crippen LogP contribution is 2.48. The summed E-state index contributed by atoms with van der Waals surface area (Å²) in [7, 11) is -0.135. The van der Waals surface area contributed by atoms with Crippen LogP contribution in [0.15, 0.2) is 29.2 Å². The highest BCUT2D eigenvalue weighted by molar-refractivity contribution is 7.53. The van der Waals surface area contributed by atoms with Gasteiger partial charge in [0, 0.05) is 57.2 Å². The second-order valence-electron chi connectivity index (χ2n) is 10.3. The van der Waals surface area contributed by atoms with E-state index in [9.17, 15) is 32.8 Å². The number of hydrogen-bond donors (Lipinski definition) is 2. The standard InChI is InChI=1S/C28H38F2N3O8P/c1-6-40-42(38,41-7-2)13-11-32(4)22-17-33-16-20(27(37)31-15-18-8-9-19(29)14-21(18)30)24(34)25(35)23(33)26(36)28(22,3)10-12-39-5/h8-9,14,16,22,35H,6-7,10-13,15,17H2,1-5H3,(H,31,37). The number of rotatable bonds is 14. The number of ether oxygens (including phenoxy) is 1. The minimum atomic E-state index is -3.38. The van der Waals surface area contributed by atoms with Crippen LogP contribution in [0, 0.1) is 17.0 Å². The SMILES string of the molecule is CCOP(=O)(CCN(C)C1Cn2cc(C(=O)NCc3ccc(F)cc3F)c(=O)c(O)c2C(=O)C1(C)CCOC)OCC. The lowest BCUT2D eigenvalue weighted by molar-refractivity contribution is 0.0292. The molecule has 1 aliphatic heterocycles. The van der Waals surface area contributed by atoms with Crippen LogP contribution in [0.3, 0.4) is 0 Å². The molecule has 3 rings (SSSR count). The topological polar surface area (TPSA) is 136 Å². The Morgan fingerprint density at radius 1 is 1.24 bits per heavy atom. The van der Waals surface area contributed by atoms with E-state index in [1.807, 2.05) is 4.90 Å². The maximum atomic E-state index is 14.0. The fourth-order valence-electron chi connectivity index (χ4n) is 5.16. The van der Waals surface area contributed by atoms with Crippen molar-refractivity contribution in [2.75, 3.05) is 46.7 Å². The molecule has 2 atom stereocenters. The molecule has 11 nitrogen and oxygen atoms in total. The van der Waals surface area contributed by atoms with Gasteiger partial charge < -0.3 is 28.8 Å². The summed E-state index contributed by atoms with van der Waals surface area (Å²) in [6.45, 7) is 5.74. The lowest BCUT2D eigenvalue weighted by Gasteiger charge is -2.46. The number of likely N-dealkylation sites (N-methyl/N-ethyl adjacent to an activating group) is 1. The van der Waals surface area contributed by atoms with Crippen LogP contribution in [0.2, 0.25) is 0 Å². The normalized spacial score (nSPS) is 18.8. The molecule has 14 heteroatoms. The Labute approximate surface area is 243 Å². The number of fused-ring (bicyclic) bond motifs is 1. The maximum Gasteiger partial charge on any atom is 0.331 e. The van der Waals surface area contributed by atoms with Crippen LogP contribution in [-0.4, -0.2) is 79.0 Å². The second kappa shape index (κ2) is 14.0. The smallest absolute Gasteiger partial charge is 0.331 e. The minimum absolute atomic E-state index is 0.00537. The van der Waals surface area contributed by atoms with Crippen LogP contribution in [0.5, 0.6) is 5.75 Å². The van der Waals surface area contributed by atoms with Crippen molar-refractivity contribution >= 4 is 19.3 Å². The first-order chi connectivity index (χ1) is 19.8. The Hall–Kier alpha value is -2.96. The number of carbonyl (C=O) groups is 2. The summed E-state index contributed by atoms with van der Waals surface area (Å²) in [6.07, 6.45) is 1.50. The van der Waals surface area contributed by atoms with Gasteiger partial charge in [-0.25, -0.2) is 8.78 Å². The summed E-state index contributed by atoms with van der Waals surface area (Å²) >= 11 is 0. The van der Waals surface area contributed by atoms with Gasteiger partial charge in [-0.2, -0.15) is 0 Å². The monoisotopic (exact) mass is 613 g/mol. The first-order valence-corrected chi connectivity index (χ1v) is 15.3. The van der Waals surface area contributed by atoms with Gasteiger partial charge in [-0.05, 0) is 33.4 Å². The number of halogens is 2. The molecule has 2 N–H and O–H groups in total. The average molecular weight is 614 g/mol. The molecule has 0 saturated carbocycles. The molecule has 0 fully saturated rings. The lowest BCUT2D eigenvalue weighted by atomic mass is 9.71. The van der Waals surface area contributed by atoms with Gasteiger partial charge in [0.25, 0.3) is 5.91 Å². The molecule has 2 heterocycles. The summed E-state index contributed by atoms with van der Waals surface area (Å²) in [5, 5.41) is 13.3. The third kappa shape index (κ3) is 7.15. The molecule has 0 saturated heterocycles. The molecule has 0 radical (unpaired) electrons. The average Bonchev–Trinajstić information content (AvgIpc) is 2.94. The van der Waals surface area contributed by atoms with Crippen molar-refractivity contribution in [1.82, 2.24) is 14.8 Å². The van der Waals surface area contributed by atoms with Crippen molar-refractivity contribution in [2.45, 2.75) is 46.3 Å². The maximum absolute atomic E-state index is 14.0. The number of carbonyl (C=O) groups excluding carboxylic acids is 2. The summed E-state index contributed by atoms with van der Waals surface area (Å²) in [5.41, 5.74) is -2.87. The zero-order valence-corrected chi connectivity index (χ0v) is 25.3. The molecular formula is C28H38F2N3O8P. The molecule has 2 aromatic rings. The number of amides is 1. The Morgan fingerprint density at radius 3 is 2.50 bits per heavy atom. The van der Waals surface area contributed by atoms with Gasteiger partial charge >= 0.3 is 7.60 Å². The van der Waals surface area contributed by atoms with Crippen LogP contribution < -0.4 is 10.7 Å². The van der Waals surface area contributed by atoms with Gasteiger partial charge in [0.05, 0.1) is 24.8 Å². The molecular weight excluding hydrogens is 575 g/mol. The number of hydrogen-bond acceptors (Lipinski definition) is 9. The van der Waals surface area contributed by atoms with Crippen molar-refractivity contribution in [1.29, 1.82) is 0 Å². The van der Waals surface area contributed by atoms with E-state index in [4.69, 9.17) is 13.8 Å². The fraction of sp³-hybridized carbons (Fsp3) is 0.536. The highest BCUT2D eigenvalue weighted by Gasteiger charge is 2.49. The number of benzene rings is 1. The molecule has 1 aliphatic rings. The van der Waals surface area contributed by atoms with E-state index in [2.05, 4.69) is 5.32 Å². The summed E-state index contributed by atoms with van der Waals surface area (Å²) in [4.78, 5) is 41.7. The van der Waals surface area contributed by atoms with E-state index in [0.29, 0.717) is 6.07 Å². The number of nitrogens with one attached hydrogen (secondary N) is 1. The summed E-state index contributed by atoms with van der Waals surface area (Å²) < 4.78 is 57.7. The quantitative estimate of drug-likeness (QED) is 0.307. The molecule has 42 heavy (non-hydrogen) atoms. The van der Waals surface area contributed by atoms with Gasteiger partial charge in [0.1, 0.15) is 22.9 Å². The minimum Gasteiger partial charge on any atom is -0.503 e. The Balaban J connectivity index is 1.95. The van der Waals surface area contributed by atoms with Crippen LogP contribution in [-0.2, 0) is 31.4 Å². The zero-order valence-electron chi connectivity index (χ0n) is 24.4. The Bertz CT molecular complexity index is 1410. The van der Waals surface area contributed by atoms with E-state index in [1.165, 1.54) is 17.9 Å². The molecule has 1 aromatic carbocycles. The van der Waals surface area contributed by atoms with Crippen molar-refractivity contribution in [3.8, 4) is 5.75 Å². The number of aromatic nitrogens is 1. The van der Waals surface area contributed by atoms with Crippen LogP contribution in [0.4, 0.5) is 8.78 Å². The fourth-order valence-corrected chi connectivity index (χ4v) is 6.83. The zero-order chi connectivity index (χ0) is 31.2. The largest absolute Gasteiger partial charge is 0.503 e. The molecule has 1 amide bonds. The van der Waals surface area contributed by atoms with E-state index in [1.54, 1.807) is 27.8 Å². The number of nitrogens with zero attached hydrogens (tertiary/aromatic N) is 2. The van der Waals surface area contributed by atoms with Gasteiger partial charge in [-0.3, -0.25) is 23.8 Å². The van der Waals surface area contributed by atoms with Crippen molar-refractivity contribution in [3.05, 3.63) is 63.1 Å². The van der Waals surface area contributed by atoms with E-state index in [-0.39, 0.29) is 63.3 Å². The highest BCUT2D eigenvalue weighted by atomic mass is 31.2. The number of Topliss-reactive ketones (excluding diaryl/α,β-unsaturated/α-hetero) is 1. The summed E-state index contributed by atoms with van der Waals surface area (Å²) in [5.74, 6) is -3.95. The van der Waals surface area contributed by atoms with E-state index < -0.39 is 59.1 Å². The van der Waals surface area contributed by atoms with Crippen LogP contribution in [0.25, 0.3) is 0 Å². The Kier molecular flexibility index (Phi) is 11.2. The molecule has 1 aromatic heterocycles. The molecule has 0 spiro atoms. The third-order valence-corrected chi connectivity index (χ3v) is 9.58. The van der Waals surface area contributed by atoms with Gasteiger partial charge in [-0.15, -0.1) is 0 Å². The number of methoxy groups -OCH3 is 1. The predicted molar refractivity (Wildman–Crippen MR) is 151 cm³/mol. The first kappa shape index (κ1) is 33.5. The molecule has 2 unspecified atom stereocenters. The summed E-state index contributed by atoms with van der Waals surface area (Å²) in [6, 6.07) is 2.34. The Morgan fingerprint density at radius 2 is 1.90 bits per heavy atom. The molecule has 232 valence electrons. The van der Waals surface area contributed by atoms with Crippen LogP contribution >= 0.6 is 7.60 Å². The van der Waals surface area contributed by atoms with Crippen LogP contribution in [0.1, 0.15) is 53.6 Å². The van der Waals surface area contributed by atoms with Crippen molar-refractivity contribution in [3.63, 3.8) is 0 Å². The molecule has 0 bridgehead atoms. The third-order valence-electron chi connectivity index (χ3n) is 7.53. The van der Waals surface area contributed by atoms with E-state index >= 15 is 0 Å². The number of pyridine rings is 1. The first-order valence-electron chi connectivity index (χ1n) is 13.6. The predicted octanol–water partition coefficient (Wildman–Crippen LogP) is 3.57. The van der Waals surface area contributed by atoms with Crippen molar-refractivity contribution < 1.29 is 41.8 Å². The number of aromatic hydroxyl groups is 1. The second-order valence-corrected chi connectivity index (χ2v) is 12.5.